The first-order valence-corrected chi connectivity index (χ1v) is 11.7. The van der Waals surface area contributed by atoms with Crippen LogP contribution in [0.3, 0.4) is 0 Å². The Morgan fingerprint density at radius 3 is 2.33 bits per heavy atom. The van der Waals surface area contributed by atoms with Gasteiger partial charge in [0.1, 0.15) is 0 Å². The summed E-state index contributed by atoms with van der Waals surface area (Å²) in [5, 5.41) is 15.2. The molecule has 0 atom stereocenters. The summed E-state index contributed by atoms with van der Waals surface area (Å²) in [6.07, 6.45) is 12.2. The monoisotopic (exact) mass is 407 g/mol. The standard InChI is InChI=1S/C25H33N3O2/c1-18-26-24(30-27-18)21-9-13-25(29,14-10-21)22-7-5-19(6-8-22)17-20-11-15-28(16-12-20)23-3-2-4-23/h5-8,17,21,23,29H,2-4,9-16H2,1H3. The fraction of sp³-hybridized carbons (Fsp3) is 0.600. The van der Waals surface area contributed by atoms with Gasteiger partial charge >= 0.3 is 0 Å². The molecule has 2 saturated carbocycles. The molecular formula is C25H33N3O2. The molecule has 160 valence electrons. The van der Waals surface area contributed by atoms with E-state index in [0.717, 1.165) is 43.2 Å². The number of aromatic nitrogens is 2. The molecule has 0 unspecified atom stereocenters. The van der Waals surface area contributed by atoms with Gasteiger partial charge in [0.05, 0.1) is 5.60 Å². The van der Waals surface area contributed by atoms with Crippen LogP contribution in [0, 0.1) is 6.92 Å². The molecule has 1 saturated heterocycles. The zero-order valence-corrected chi connectivity index (χ0v) is 18.0. The third kappa shape index (κ3) is 4.10. The summed E-state index contributed by atoms with van der Waals surface area (Å²) in [6, 6.07) is 9.45. The average Bonchev–Trinajstić information content (AvgIpc) is 3.15. The Hall–Kier alpha value is -1.98. The number of benzene rings is 1. The molecule has 2 aromatic rings. The number of nitrogens with zero attached hydrogens (tertiary/aromatic N) is 3. The minimum Gasteiger partial charge on any atom is -0.385 e. The van der Waals surface area contributed by atoms with E-state index in [4.69, 9.17) is 4.52 Å². The lowest BCUT2D eigenvalue weighted by Gasteiger charge is -2.40. The van der Waals surface area contributed by atoms with E-state index < -0.39 is 5.60 Å². The third-order valence-corrected chi connectivity index (χ3v) is 7.56. The molecule has 3 aliphatic rings. The first kappa shape index (κ1) is 20.0. The topological polar surface area (TPSA) is 62.4 Å². The van der Waals surface area contributed by atoms with Gasteiger partial charge in [-0.05, 0) is 69.4 Å². The summed E-state index contributed by atoms with van der Waals surface area (Å²) < 4.78 is 5.34. The molecule has 0 spiro atoms. The fourth-order valence-electron chi connectivity index (χ4n) is 5.31. The Labute approximate surface area is 179 Å². The van der Waals surface area contributed by atoms with Gasteiger partial charge in [0.25, 0.3) is 0 Å². The summed E-state index contributed by atoms with van der Waals surface area (Å²) in [5.74, 6) is 1.67. The van der Waals surface area contributed by atoms with Gasteiger partial charge in [0, 0.05) is 25.0 Å². The summed E-state index contributed by atoms with van der Waals surface area (Å²) in [6.45, 7) is 4.28. The average molecular weight is 408 g/mol. The summed E-state index contributed by atoms with van der Waals surface area (Å²) in [4.78, 5) is 7.06. The van der Waals surface area contributed by atoms with Gasteiger partial charge in [-0.2, -0.15) is 4.98 Å². The van der Waals surface area contributed by atoms with Gasteiger partial charge in [-0.15, -0.1) is 0 Å². The second-order valence-electron chi connectivity index (χ2n) is 9.53. The van der Waals surface area contributed by atoms with Crippen LogP contribution in [0.25, 0.3) is 6.08 Å². The molecular weight excluding hydrogens is 374 g/mol. The van der Waals surface area contributed by atoms with Crippen LogP contribution in [-0.2, 0) is 5.60 Å². The van der Waals surface area contributed by atoms with Gasteiger partial charge in [-0.3, -0.25) is 4.90 Å². The zero-order valence-electron chi connectivity index (χ0n) is 18.0. The molecule has 1 aromatic carbocycles. The van der Waals surface area contributed by atoms with E-state index in [1.54, 1.807) is 5.57 Å². The number of likely N-dealkylation sites (tertiary alicyclic amines) is 1. The molecule has 5 nitrogen and oxygen atoms in total. The van der Waals surface area contributed by atoms with Gasteiger partial charge < -0.3 is 9.63 Å². The molecule has 0 bridgehead atoms. The van der Waals surface area contributed by atoms with E-state index in [1.165, 1.54) is 50.8 Å². The largest absolute Gasteiger partial charge is 0.385 e. The van der Waals surface area contributed by atoms with Crippen molar-refractivity contribution in [3.63, 3.8) is 0 Å². The molecule has 0 radical (unpaired) electrons. The van der Waals surface area contributed by atoms with Crippen LogP contribution in [0.1, 0.15) is 86.5 Å². The van der Waals surface area contributed by atoms with Gasteiger partial charge in [-0.1, -0.05) is 47.5 Å². The lowest BCUT2D eigenvalue weighted by atomic mass is 9.75. The second-order valence-corrected chi connectivity index (χ2v) is 9.53. The minimum atomic E-state index is -0.745. The van der Waals surface area contributed by atoms with Crippen molar-refractivity contribution in [1.82, 2.24) is 15.0 Å². The highest BCUT2D eigenvalue weighted by Crippen LogP contribution is 2.43. The Kier molecular flexibility index (Phi) is 5.50. The molecule has 5 rings (SSSR count). The van der Waals surface area contributed by atoms with E-state index in [2.05, 4.69) is 45.4 Å². The van der Waals surface area contributed by atoms with E-state index in [9.17, 15) is 5.11 Å². The zero-order chi connectivity index (χ0) is 20.6. The second kappa shape index (κ2) is 8.27. The summed E-state index contributed by atoms with van der Waals surface area (Å²) >= 11 is 0. The molecule has 1 aromatic heterocycles. The smallest absolute Gasteiger partial charge is 0.229 e. The first-order valence-electron chi connectivity index (χ1n) is 11.7. The van der Waals surface area contributed by atoms with Crippen LogP contribution < -0.4 is 0 Å². The lowest BCUT2D eigenvalue weighted by molar-refractivity contribution is -0.00813. The SMILES string of the molecule is Cc1noc(C2CCC(O)(c3ccc(C=C4CCN(C5CCC5)CC4)cc3)CC2)n1. The number of rotatable bonds is 4. The van der Waals surface area contributed by atoms with Crippen LogP contribution in [0.5, 0.6) is 0 Å². The molecule has 1 aliphatic heterocycles. The maximum atomic E-state index is 11.2. The maximum Gasteiger partial charge on any atom is 0.229 e. The molecule has 5 heteroatoms. The summed E-state index contributed by atoms with van der Waals surface area (Å²) in [5.41, 5.74) is 3.10. The van der Waals surface area contributed by atoms with E-state index >= 15 is 0 Å². The van der Waals surface area contributed by atoms with Gasteiger partial charge in [0.15, 0.2) is 5.82 Å². The number of aryl methyl sites for hydroxylation is 1. The predicted molar refractivity (Wildman–Crippen MR) is 117 cm³/mol. The van der Waals surface area contributed by atoms with Crippen LogP contribution in [0.15, 0.2) is 34.4 Å². The van der Waals surface area contributed by atoms with Crippen LogP contribution in [0.4, 0.5) is 0 Å². The Balaban J connectivity index is 1.19. The van der Waals surface area contributed by atoms with Crippen molar-refractivity contribution in [2.75, 3.05) is 13.1 Å². The van der Waals surface area contributed by atoms with Crippen LogP contribution in [0.2, 0.25) is 0 Å². The number of hydrogen-bond donors (Lipinski definition) is 1. The normalized spacial score (nSPS) is 28.3. The summed E-state index contributed by atoms with van der Waals surface area (Å²) in [7, 11) is 0. The molecule has 3 fully saturated rings. The minimum absolute atomic E-state index is 0.265. The number of hydrogen-bond acceptors (Lipinski definition) is 5. The quantitative estimate of drug-likeness (QED) is 0.776. The van der Waals surface area contributed by atoms with E-state index in [1.807, 2.05) is 6.92 Å². The molecule has 30 heavy (non-hydrogen) atoms. The van der Waals surface area contributed by atoms with Crippen molar-refractivity contribution < 1.29 is 9.63 Å². The van der Waals surface area contributed by atoms with Gasteiger partial charge in [-0.25, -0.2) is 0 Å². The van der Waals surface area contributed by atoms with Crippen molar-refractivity contribution in [3.8, 4) is 0 Å². The van der Waals surface area contributed by atoms with Gasteiger partial charge in [0.2, 0.25) is 5.89 Å². The highest BCUT2D eigenvalue weighted by molar-refractivity contribution is 5.54. The van der Waals surface area contributed by atoms with Crippen LogP contribution >= 0.6 is 0 Å². The fourth-order valence-corrected chi connectivity index (χ4v) is 5.31. The Morgan fingerprint density at radius 2 is 1.77 bits per heavy atom. The number of aliphatic hydroxyl groups is 1. The van der Waals surface area contributed by atoms with E-state index in [0.29, 0.717) is 5.82 Å². The molecule has 0 amide bonds. The van der Waals surface area contributed by atoms with Crippen molar-refractivity contribution in [3.05, 3.63) is 52.7 Å². The Bertz CT molecular complexity index is 879. The maximum absolute atomic E-state index is 11.2. The van der Waals surface area contributed by atoms with Crippen molar-refractivity contribution in [2.24, 2.45) is 0 Å². The third-order valence-electron chi connectivity index (χ3n) is 7.56. The highest BCUT2D eigenvalue weighted by Gasteiger charge is 2.37. The molecule has 1 N–H and O–H groups in total. The van der Waals surface area contributed by atoms with E-state index in [-0.39, 0.29) is 5.92 Å². The lowest BCUT2D eigenvalue weighted by Crippen LogP contribution is -2.43. The number of piperidine rings is 1. The molecule has 2 aliphatic carbocycles. The van der Waals surface area contributed by atoms with Crippen molar-refractivity contribution >= 4 is 6.08 Å². The van der Waals surface area contributed by atoms with Crippen LogP contribution in [-0.4, -0.2) is 39.3 Å². The Morgan fingerprint density at radius 1 is 1.07 bits per heavy atom. The highest BCUT2D eigenvalue weighted by atomic mass is 16.5. The van der Waals surface area contributed by atoms with Crippen molar-refractivity contribution in [1.29, 1.82) is 0 Å². The van der Waals surface area contributed by atoms with Crippen molar-refractivity contribution in [2.45, 2.75) is 82.3 Å². The predicted octanol–water partition coefficient (Wildman–Crippen LogP) is 4.96. The molecule has 2 heterocycles. The first-order chi connectivity index (χ1) is 14.6.